The maximum Gasteiger partial charge on any atom is 0.416 e. The number of hydrogen-bond acceptors (Lipinski definition) is 3. The van der Waals surface area contributed by atoms with Crippen LogP contribution in [0, 0.1) is 19.8 Å². The minimum Gasteiger partial charge on any atom is -0.369 e. The number of aryl methyl sites for hydroxylation is 2. The summed E-state index contributed by atoms with van der Waals surface area (Å²) in [6, 6.07) is 9.73. The molecule has 2 aliphatic rings. The largest absolute Gasteiger partial charge is 0.416 e. The van der Waals surface area contributed by atoms with Gasteiger partial charge in [-0.2, -0.15) is 24.9 Å². The molecule has 1 aliphatic carbocycles. The van der Waals surface area contributed by atoms with E-state index in [-0.39, 0.29) is 11.2 Å². The minimum absolute atomic E-state index is 0.0916. The van der Waals surface area contributed by atoms with Crippen LogP contribution in [0.5, 0.6) is 0 Å². The molecule has 1 saturated heterocycles. The predicted molar refractivity (Wildman–Crippen MR) is 130 cm³/mol. The van der Waals surface area contributed by atoms with Crippen LogP contribution in [0.1, 0.15) is 59.6 Å². The Morgan fingerprint density at radius 2 is 1.79 bits per heavy atom. The zero-order valence-electron chi connectivity index (χ0n) is 19.2. The number of carbonyl (C=O) groups is 1. The molecule has 1 unspecified atom stereocenters. The summed E-state index contributed by atoms with van der Waals surface area (Å²) in [5.41, 5.74) is 4.42. The van der Waals surface area contributed by atoms with Crippen molar-refractivity contribution in [1.29, 1.82) is 0 Å². The number of nitrogens with zero attached hydrogens (tertiary/aromatic N) is 1. The van der Waals surface area contributed by atoms with Gasteiger partial charge in [-0.3, -0.25) is 4.79 Å². The summed E-state index contributed by atoms with van der Waals surface area (Å²) < 4.78 is 38.7. The second kappa shape index (κ2) is 10.00. The van der Waals surface area contributed by atoms with Gasteiger partial charge in [-0.25, -0.2) is 0 Å². The Morgan fingerprint density at radius 3 is 2.45 bits per heavy atom. The standard InChI is InChI=1S/C26H31F3N2OS/c1-17-14-23(18(2)13-22(17)30-25(32)15-19-5-3-4-6-19)31-11-12-33-24(16-31)20-7-9-21(10-8-20)26(27,28)29/h7-10,13-14,19,24H,3-6,11-12,15-16H2,1-2H3,(H,30,32). The molecular weight excluding hydrogens is 445 g/mol. The predicted octanol–water partition coefficient (Wildman–Crippen LogP) is 7.14. The first-order valence-corrected chi connectivity index (χ1v) is 12.7. The van der Waals surface area contributed by atoms with Gasteiger partial charge in [0, 0.05) is 41.9 Å². The Hall–Kier alpha value is -2.15. The smallest absolute Gasteiger partial charge is 0.369 e. The molecule has 3 nitrogen and oxygen atoms in total. The average Bonchev–Trinajstić information content (AvgIpc) is 3.28. The summed E-state index contributed by atoms with van der Waals surface area (Å²) in [6.07, 6.45) is 1.04. The van der Waals surface area contributed by atoms with Crippen molar-refractivity contribution in [1.82, 2.24) is 0 Å². The Bertz CT molecular complexity index is 984. The third-order valence-electron chi connectivity index (χ3n) is 6.78. The van der Waals surface area contributed by atoms with Crippen molar-refractivity contribution in [2.45, 2.75) is 57.4 Å². The van der Waals surface area contributed by atoms with Crippen LogP contribution in [0.2, 0.25) is 0 Å². The van der Waals surface area contributed by atoms with Crippen molar-refractivity contribution in [3.05, 3.63) is 58.7 Å². The van der Waals surface area contributed by atoms with E-state index >= 15 is 0 Å². The summed E-state index contributed by atoms with van der Waals surface area (Å²) in [6.45, 7) is 5.69. The Labute approximate surface area is 198 Å². The van der Waals surface area contributed by atoms with Gasteiger partial charge in [0.05, 0.1) is 5.56 Å². The van der Waals surface area contributed by atoms with E-state index in [1.165, 1.54) is 25.0 Å². The molecule has 0 spiro atoms. The van der Waals surface area contributed by atoms with Gasteiger partial charge in [0.2, 0.25) is 5.91 Å². The molecule has 0 bridgehead atoms. The van der Waals surface area contributed by atoms with Crippen molar-refractivity contribution >= 4 is 29.0 Å². The van der Waals surface area contributed by atoms with E-state index in [0.29, 0.717) is 12.3 Å². The number of halogens is 3. The number of anilines is 2. The number of benzene rings is 2. The molecule has 1 amide bonds. The lowest BCUT2D eigenvalue weighted by Crippen LogP contribution is -2.35. The summed E-state index contributed by atoms with van der Waals surface area (Å²) in [4.78, 5) is 14.8. The highest BCUT2D eigenvalue weighted by Gasteiger charge is 2.31. The first-order valence-electron chi connectivity index (χ1n) is 11.7. The third-order valence-corrected chi connectivity index (χ3v) is 8.02. The number of hydrogen-bond donors (Lipinski definition) is 1. The van der Waals surface area contributed by atoms with Gasteiger partial charge >= 0.3 is 6.18 Å². The van der Waals surface area contributed by atoms with Gasteiger partial charge in [0.25, 0.3) is 0 Å². The molecule has 1 saturated carbocycles. The van der Waals surface area contributed by atoms with E-state index in [9.17, 15) is 18.0 Å². The average molecular weight is 477 g/mol. The molecule has 0 radical (unpaired) electrons. The highest BCUT2D eigenvalue weighted by molar-refractivity contribution is 7.99. The van der Waals surface area contributed by atoms with E-state index < -0.39 is 11.7 Å². The molecule has 33 heavy (non-hydrogen) atoms. The molecule has 1 aliphatic heterocycles. The molecule has 1 N–H and O–H groups in total. The molecule has 2 aromatic rings. The second-order valence-electron chi connectivity index (χ2n) is 9.28. The molecule has 7 heteroatoms. The maximum atomic E-state index is 12.9. The van der Waals surface area contributed by atoms with Crippen LogP contribution in [0.25, 0.3) is 0 Å². The van der Waals surface area contributed by atoms with Crippen molar-refractivity contribution in [2.75, 3.05) is 29.1 Å². The van der Waals surface area contributed by atoms with Crippen LogP contribution in [0.4, 0.5) is 24.5 Å². The fraction of sp³-hybridized carbons (Fsp3) is 0.500. The number of nitrogens with one attached hydrogen (secondary N) is 1. The fourth-order valence-electron chi connectivity index (χ4n) is 4.91. The first-order chi connectivity index (χ1) is 15.7. The van der Waals surface area contributed by atoms with Crippen LogP contribution in [-0.4, -0.2) is 24.7 Å². The van der Waals surface area contributed by atoms with Crippen molar-refractivity contribution < 1.29 is 18.0 Å². The number of rotatable bonds is 5. The first kappa shape index (κ1) is 24.0. The van der Waals surface area contributed by atoms with Crippen LogP contribution in [-0.2, 0) is 11.0 Å². The van der Waals surface area contributed by atoms with Crippen LogP contribution in [0.3, 0.4) is 0 Å². The molecule has 4 rings (SSSR count). The normalized spacial score (nSPS) is 19.7. The zero-order valence-corrected chi connectivity index (χ0v) is 20.0. The lowest BCUT2D eigenvalue weighted by Gasteiger charge is -2.35. The summed E-state index contributed by atoms with van der Waals surface area (Å²) in [5.74, 6) is 1.51. The van der Waals surface area contributed by atoms with Crippen LogP contribution < -0.4 is 10.2 Å². The topological polar surface area (TPSA) is 32.3 Å². The van der Waals surface area contributed by atoms with Crippen molar-refractivity contribution in [3.63, 3.8) is 0 Å². The molecule has 0 aromatic heterocycles. The highest BCUT2D eigenvalue weighted by atomic mass is 32.2. The van der Waals surface area contributed by atoms with E-state index in [2.05, 4.69) is 23.2 Å². The third kappa shape index (κ3) is 5.86. The minimum atomic E-state index is -4.31. The van der Waals surface area contributed by atoms with E-state index in [4.69, 9.17) is 0 Å². The highest BCUT2D eigenvalue weighted by Crippen LogP contribution is 2.38. The molecule has 2 aromatic carbocycles. The van der Waals surface area contributed by atoms with Crippen LogP contribution in [0.15, 0.2) is 36.4 Å². The van der Waals surface area contributed by atoms with Gasteiger partial charge < -0.3 is 10.2 Å². The number of carbonyl (C=O) groups excluding carboxylic acids is 1. The van der Waals surface area contributed by atoms with E-state index in [0.717, 1.165) is 59.7 Å². The van der Waals surface area contributed by atoms with Gasteiger partial charge in [-0.1, -0.05) is 25.0 Å². The second-order valence-corrected chi connectivity index (χ2v) is 10.6. The number of thioether (sulfide) groups is 1. The van der Waals surface area contributed by atoms with Gasteiger partial charge in [-0.05, 0) is 73.6 Å². The lowest BCUT2D eigenvalue weighted by molar-refractivity contribution is -0.137. The van der Waals surface area contributed by atoms with E-state index in [1.54, 1.807) is 23.9 Å². The molecule has 1 heterocycles. The van der Waals surface area contributed by atoms with Crippen molar-refractivity contribution in [3.8, 4) is 0 Å². The lowest BCUT2D eigenvalue weighted by atomic mass is 10.0. The Balaban J connectivity index is 1.44. The zero-order chi connectivity index (χ0) is 23.6. The maximum absolute atomic E-state index is 12.9. The Morgan fingerprint density at radius 1 is 1.09 bits per heavy atom. The van der Waals surface area contributed by atoms with Gasteiger partial charge in [0.1, 0.15) is 0 Å². The SMILES string of the molecule is Cc1cc(N2CCSC(c3ccc(C(F)(F)F)cc3)C2)c(C)cc1NC(=O)CC1CCCC1. The van der Waals surface area contributed by atoms with Crippen LogP contribution >= 0.6 is 11.8 Å². The molecule has 1 atom stereocenters. The number of alkyl halides is 3. The van der Waals surface area contributed by atoms with Gasteiger partial charge in [-0.15, -0.1) is 0 Å². The molecule has 178 valence electrons. The summed E-state index contributed by atoms with van der Waals surface area (Å²) in [5, 5.41) is 3.22. The summed E-state index contributed by atoms with van der Waals surface area (Å²) in [7, 11) is 0. The summed E-state index contributed by atoms with van der Waals surface area (Å²) >= 11 is 1.78. The quantitative estimate of drug-likeness (QED) is 0.498. The fourth-order valence-corrected chi connectivity index (χ4v) is 6.16. The van der Waals surface area contributed by atoms with Crippen molar-refractivity contribution in [2.24, 2.45) is 5.92 Å². The monoisotopic (exact) mass is 476 g/mol. The molecule has 2 fully saturated rings. The molecular formula is C26H31F3N2OS. The van der Waals surface area contributed by atoms with Gasteiger partial charge in [0.15, 0.2) is 0 Å². The Kier molecular flexibility index (Phi) is 7.27. The van der Waals surface area contributed by atoms with E-state index in [1.807, 2.05) is 13.0 Å². The number of amides is 1.